The van der Waals surface area contributed by atoms with Gasteiger partial charge in [0.05, 0.1) is 5.69 Å². The Labute approximate surface area is 112 Å². The molecule has 0 saturated heterocycles. The third-order valence-electron chi connectivity index (χ3n) is 2.37. The molecule has 0 bridgehead atoms. The van der Waals surface area contributed by atoms with Crippen molar-refractivity contribution in [3.05, 3.63) is 58.3 Å². The Hall–Kier alpha value is -1.88. The molecular weight excluding hydrogens is 299 g/mol. The average molecular weight is 309 g/mol. The molecule has 2 rings (SSSR count). The summed E-state index contributed by atoms with van der Waals surface area (Å²) in [4.78, 5) is 11.9. The van der Waals surface area contributed by atoms with Crippen LogP contribution >= 0.6 is 15.9 Å². The molecule has 0 saturated carbocycles. The van der Waals surface area contributed by atoms with Crippen molar-refractivity contribution in [3.8, 4) is 0 Å². The van der Waals surface area contributed by atoms with Gasteiger partial charge in [0.1, 0.15) is 11.5 Å². The number of nitrogens with one attached hydrogen (secondary N) is 1. The van der Waals surface area contributed by atoms with Crippen LogP contribution in [0.1, 0.15) is 10.4 Å². The summed E-state index contributed by atoms with van der Waals surface area (Å²) >= 11 is 3.27. The fourth-order valence-electron chi connectivity index (χ4n) is 1.49. The van der Waals surface area contributed by atoms with Gasteiger partial charge in [0.15, 0.2) is 0 Å². The summed E-state index contributed by atoms with van der Waals surface area (Å²) in [6.07, 6.45) is 0. The van der Waals surface area contributed by atoms with E-state index in [4.69, 9.17) is 5.73 Å². The van der Waals surface area contributed by atoms with E-state index in [0.29, 0.717) is 5.56 Å². The van der Waals surface area contributed by atoms with Crippen molar-refractivity contribution < 1.29 is 9.18 Å². The van der Waals surface area contributed by atoms with Gasteiger partial charge >= 0.3 is 0 Å². The molecule has 0 spiro atoms. The van der Waals surface area contributed by atoms with Gasteiger partial charge in [0.2, 0.25) is 0 Å². The van der Waals surface area contributed by atoms with Crippen LogP contribution in [0, 0.1) is 5.82 Å². The van der Waals surface area contributed by atoms with Gasteiger partial charge in [-0.15, -0.1) is 0 Å². The van der Waals surface area contributed by atoms with E-state index in [-0.39, 0.29) is 11.4 Å². The van der Waals surface area contributed by atoms with E-state index in [2.05, 4.69) is 21.2 Å². The van der Waals surface area contributed by atoms with Gasteiger partial charge in [0.25, 0.3) is 5.91 Å². The number of carbonyl (C=O) groups is 1. The minimum absolute atomic E-state index is 0.00229. The molecule has 0 aliphatic heterocycles. The molecular formula is C13H10BrFN2O. The van der Waals surface area contributed by atoms with Crippen LogP contribution < -0.4 is 11.1 Å². The Balaban J connectivity index is 2.27. The largest absolute Gasteiger partial charge is 0.397 e. The highest BCUT2D eigenvalue weighted by Gasteiger charge is 2.11. The lowest BCUT2D eigenvalue weighted by molar-refractivity contribution is 0.102. The average Bonchev–Trinajstić information content (AvgIpc) is 2.34. The first-order valence-corrected chi connectivity index (χ1v) is 5.98. The van der Waals surface area contributed by atoms with Crippen LogP contribution in [0.5, 0.6) is 0 Å². The Morgan fingerprint density at radius 1 is 1.22 bits per heavy atom. The number of carbonyl (C=O) groups excluding carboxylic acids is 1. The lowest BCUT2D eigenvalue weighted by atomic mass is 10.2. The number of nitrogen functional groups attached to an aromatic ring is 1. The number of nitrogens with two attached hydrogens (primary N) is 1. The van der Waals surface area contributed by atoms with Gasteiger partial charge in [-0.3, -0.25) is 4.79 Å². The first kappa shape index (κ1) is 12.6. The number of anilines is 2. The first-order chi connectivity index (χ1) is 8.58. The van der Waals surface area contributed by atoms with Crippen LogP contribution in [0.3, 0.4) is 0 Å². The summed E-state index contributed by atoms with van der Waals surface area (Å²) in [6.45, 7) is 0. The predicted molar refractivity (Wildman–Crippen MR) is 72.9 cm³/mol. The highest BCUT2D eigenvalue weighted by Crippen LogP contribution is 2.22. The second kappa shape index (κ2) is 5.18. The molecule has 3 nitrogen and oxygen atoms in total. The number of hydrogen-bond acceptors (Lipinski definition) is 2. The normalized spacial score (nSPS) is 10.1. The van der Waals surface area contributed by atoms with Crippen LogP contribution in [0.2, 0.25) is 0 Å². The van der Waals surface area contributed by atoms with Gasteiger partial charge < -0.3 is 11.1 Å². The van der Waals surface area contributed by atoms with Crippen LogP contribution in [0.15, 0.2) is 46.9 Å². The van der Waals surface area contributed by atoms with Crippen molar-refractivity contribution in [1.29, 1.82) is 0 Å². The lowest BCUT2D eigenvalue weighted by Gasteiger charge is -2.09. The van der Waals surface area contributed by atoms with E-state index >= 15 is 0 Å². The fourth-order valence-corrected chi connectivity index (χ4v) is 1.89. The van der Waals surface area contributed by atoms with Gasteiger partial charge in [-0.1, -0.05) is 28.1 Å². The van der Waals surface area contributed by atoms with E-state index in [0.717, 1.165) is 4.47 Å². The maximum Gasteiger partial charge on any atom is 0.255 e. The first-order valence-electron chi connectivity index (χ1n) is 5.19. The van der Waals surface area contributed by atoms with E-state index in [9.17, 15) is 9.18 Å². The van der Waals surface area contributed by atoms with Gasteiger partial charge in [-0.05, 0) is 30.3 Å². The summed E-state index contributed by atoms with van der Waals surface area (Å²) < 4.78 is 14.3. The monoisotopic (exact) mass is 308 g/mol. The summed E-state index contributed by atoms with van der Waals surface area (Å²) in [5, 5.41) is 2.46. The zero-order chi connectivity index (χ0) is 13.1. The van der Waals surface area contributed by atoms with Gasteiger partial charge in [0, 0.05) is 10.0 Å². The number of amides is 1. The second-order valence-electron chi connectivity index (χ2n) is 3.67. The smallest absolute Gasteiger partial charge is 0.255 e. The van der Waals surface area contributed by atoms with Crippen molar-refractivity contribution in [2.75, 3.05) is 11.1 Å². The molecule has 3 N–H and O–H groups in total. The van der Waals surface area contributed by atoms with Crippen molar-refractivity contribution in [2.45, 2.75) is 0 Å². The SMILES string of the molecule is Nc1cccc(F)c1NC(=O)c1cccc(Br)c1. The van der Waals surface area contributed by atoms with Gasteiger partial charge in [-0.2, -0.15) is 0 Å². The highest BCUT2D eigenvalue weighted by molar-refractivity contribution is 9.10. The predicted octanol–water partition coefficient (Wildman–Crippen LogP) is 3.42. The zero-order valence-electron chi connectivity index (χ0n) is 9.28. The topological polar surface area (TPSA) is 55.1 Å². The molecule has 0 aliphatic rings. The van der Waals surface area contributed by atoms with Crippen molar-refractivity contribution in [1.82, 2.24) is 0 Å². The Kier molecular flexibility index (Phi) is 3.62. The third kappa shape index (κ3) is 2.68. The quantitative estimate of drug-likeness (QED) is 0.835. The number of rotatable bonds is 2. The number of halogens is 2. The van der Waals surface area contributed by atoms with E-state index < -0.39 is 11.7 Å². The van der Waals surface area contributed by atoms with E-state index in [1.165, 1.54) is 18.2 Å². The lowest BCUT2D eigenvalue weighted by Crippen LogP contribution is -2.14. The second-order valence-corrected chi connectivity index (χ2v) is 4.58. The standard InChI is InChI=1S/C13H10BrFN2O/c14-9-4-1-3-8(7-9)13(18)17-12-10(15)5-2-6-11(12)16/h1-7H,16H2,(H,17,18). The van der Waals surface area contributed by atoms with Crippen LogP contribution in [-0.4, -0.2) is 5.91 Å². The highest BCUT2D eigenvalue weighted by atomic mass is 79.9. The van der Waals surface area contributed by atoms with E-state index in [1.807, 2.05) is 0 Å². The molecule has 0 unspecified atom stereocenters. The summed E-state index contributed by atoms with van der Waals surface area (Å²) in [7, 11) is 0. The summed E-state index contributed by atoms with van der Waals surface area (Å²) in [6, 6.07) is 11.1. The minimum atomic E-state index is -0.557. The maximum absolute atomic E-state index is 13.5. The van der Waals surface area contributed by atoms with Crippen molar-refractivity contribution in [2.24, 2.45) is 0 Å². The number of hydrogen-bond donors (Lipinski definition) is 2. The van der Waals surface area contributed by atoms with Crippen molar-refractivity contribution >= 4 is 33.2 Å². The fraction of sp³-hybridized carbons (Fsp3) is 0. The molecule has 0 aliphatic carbocycles. The maximum atomic E-state index is 13.5. The number of benzene rings is 2. The molecule has 92 valence electrons. The Bertz CT molecular complexity index is 581. The molecule has 0 aromatic heterocycles. The summed E-state index contributed by atoms with van der Waals surface area (Å²) in [5.41, 5.74) is 6.23. The molecule has 18 heavy (non-hydrogen) atoms. The molecule has 0 heterocycles. The molecule has 0 atom stereocenters. The number of para-hydroxylation sites is 1. The molecule has 2 aromatic rings. The molecule has 1 amide bonds. The van der Waals surface area contributed by atoms with Gasteiger partial charge in [-0.25, -0.2) is 4.39 Å². The van der Waals surface area contributed by atoms with Crippen LogP contribution in [0.25, 0.3) is 0 Å². The Morgan fingerprint density at radius 2 is 1.94 bits per heavy atom. The molecule has 0 fully saturated rings. The molecule has 5 heteroatoms. The van der Waals surface area contributed by atoms with Crippen LogP contribution in [-0.2, 0) is 0 Å². The molecule has 0 radical (unpaired) electrons. The van der Waals surface area contributed by atoms with E-state index in [1.54, 1.807) is 24.3 Å². The Morgan fingerprint density at radius 3 is 2.61 bits per heavy atom. The minimum Gasteiger partial charge on any atom is -0.397 e. The zero-order valence-corrected chi connectivity index (χ0v) is 10.9. The third-order valence-corrected chi connectivity index (χ3v) is 2.86. The van der Waals surface area contributed by atoms with Crippen molar-refractivity contribution in [3.63, 3.8) is 0 Å². The summed E-state index contributed by atoms with van der Waals surface area (Å²) in [5.74, 6) is -0.966. The van der Waals surface area contributed by atoms with Crippen LogP contribution in [0.4, 0.5) is 15.8 Å². The molecule has 2 aromatic carbocycles.